The standard InChI is InChI=1S/C21H21N3O2/c1-15-10-11-23(21-18(15)8-5-9-19(21)25)20(26)12-16-13-22-24(14-16)17-6-3-2-4-7-17/h2-9,13-15,25H,10-12H2,1H3/t15-/m1/s1. The van der Waals surface area contributed by atoms with Gasteiger partial charge in [0.15, 0.2) is 0 Å². The number of carbonyl (C=O) groups excluding carboxylic acids is 1. The SMILES string of the molecule is C[C@@H]1CCN(C(=O)Cc2cnn(-c3ccccc3)c2)c2c(O)cccc21. The molecule has 132 valence electrons. The van der Waals surface area contributed by atoms with Crippen LogP contribution in [0.5, 0.6) is 5.75 Å². The summed E-state index contributed by atoms with van der Waals surface area (Å²) in [6, 6.07) is 15.3. The summed E-state index contributed by atoms with van der Waals surface area (Å²) in [5.41, 5.74) is 3.51. The van der Waals surface area contributed by atoms with Gasteiger partial charge in [0.05, 0.1) is 24.0 Å². The molecule has 3 aromatic rings. The number of amides is 1. The highest BCUT2D eigenvalue weighted by atomic mass is 16.3. The van der Waals surface area contributed by atoms with Crippen LogP contribution in [0, 0.1) is 0 Å². The first-order valence-corrected chi connectivity index (χ1v) is 8.84. The number of para-hydroxylation sites is 2. The van der Waals surface area contributed by atoms with Gasteiger partial charge in [-0.2, -0.15) is 5.10 Å². The maximum Gasteiger partial charge on any atom is 0.231 e. The highest BCUT2D eigenvalue weighted by Crippen LogP contribution is 2.41. The van der Waals surface area contributed by atoms with Crippen LogP contribution in [-0.2, 0) is 11.2 Å². The van der Waals surface area contributed by atoms with Crippen molar-refractivity contribution in [2.45, 2.75) is 25.7 Å². The zero-order valence-corrected chi connectivity index (χ0v) is 14.7. The van der Waals surface area contributed by atoms with Gasteiger partial charge in [0, 0.05) is 12.7 Å². The zero-order valence-electron chi connectivity index (χ0n) is 14.7. The molecule has 0 fully saturated rings. The van der Waals surface area contributed by atoms with Crippen LogP contribution in [0.1, 0.15) is 30.4 Å². The lowest BCUT2D eigenvalue weighted by molar-refractivity contribution is -0.118. The molecule has 1 N–H and O–H groups in total. The van der Waals surface area contributed by atoms with Crippen LogP contribution < -0.4 is 4.90 Å². The fraction of sp³-hybridized carbons (Fsp3) is 0.238. The molecule has 0 bridgehead atoms. The molecule has 0 spiro atoms. The van der Waals surface area contributed by atoms with Crippen LogP contribution in [0.2, 0.25) is 0 Å². The molecule has 1 aliphatic rings. The molecule has 0 aliphatic carbocycles. The number of hydrogen-bond acceptors (Lipinski definition) is 3. The van der Waals surface area contributed by atoms with Gasteiger partial charge in [0.2, 0.25) is 5.91 Å². The zero-order chi connectivity index (χ0) is 18.1. The lowest BCUT2D eigenvalue weighted by Gasteiger charge is -2.33. The maximum absolute atomic E-state index is 12.9. The van der Waals surface area contributed by atoms with Gasteiger partial charge in [-0.1, -0.05) is 37.3 Å². The van der Waals surface area contributed by atoms with Crippen LogP contribution in [-0.4, -0.2) is 27.3 Å². The number of benzene rings is 2. The molecule has 0 unspecified atom stereocenters. The van der Waals surface area contributed by atoms with Crippen molar-refractivity contribution in [1.82, 2.24) is 9.78 Å². The number of nitrogens with zero attached hydrogens (tertiary/aromatic N) is 3. The van der Waals surface area contributed by atoms with E-state index in [0.717, 1.165) is 23.2 Å². The molecular weight excluding hydrogens is 326 g/mol. The topological polar surface area (TPSA) is 58.4 Å². The number of carbonyl (C=O) groups is 1. The molecule has 5 heteroatoms. The van der Waals surface area contributed by atoms with Crippen molar-refractivity contribution in [3.05, 3.63) is 72.1 Å². The lowest BCUT2D eigenvalue weighted by atomic mass is 9.91. The smallest absolute Gasteiger partial charge is 0.231 e. The highest BCUT2D eigenvalue weighted by molar-refractivity contribution is 5.97. The van der Waals surface area contributed by atoms with Crippen molar-refractivity contribution >= 4 is 11.6 Å². The fourth-order valence-corrected chi connectivity index (χ4v) is 3.52. The highest BCUT2D eigenvalue weighted by Gasteiger charge is 2.29. The van der Waals surface area contributed by atoms with Gasteiger partial charge in [-0.3, -0.25) is 4.79 Å². The molecule has 0 saturated heterocycles. The third-order valence-electron chi connectivity index (χ3n) is 4.95. The predicted octanol–water partition coefficient (Wildman–Crippen LogP) is 3.66. The van der Waals surface area contributed by atoms with E-state index in [1.165, 1.54) is 0 Å². The van der Waals surface area contributed by atoms with Gasteiger partial charge >= 0.3 is 0 Å². The van der Waals surface area contributed by atoms with E-state index in [1.807, 2.05) is 48.7 Å². The summed E-state index contributed by atoms with van der Waals surface area (Å²) in [4.78, 5) is 14.6. The van der Waals surface area contributed by atoms with E-state index < -0.39 is 0 Å². The average molecular weight is 347 g/mol. The van der Waals surface area contributed by atoms with Crippen LogP contribution in [0.15, 0.2) is 60.9 Å². The number of phenols is 1. The van der Waals surface area contributed by atoms with Gasteiger partial charge < -0.3 is 10.0 Å². The van der Waals surface area contributed by atoms with Gasteiger partial charge in [0.1, 0.15) is 5.75 Å². The number of phenolic OH excluding ortho intramolecular Hbond substituents is 1. The van der Waals surface area contributed by atoms with Crippen molar-refractivity contribution in [1.29, 1.82) is 0 Å². The predicted molar refractivity (Wildman–Crippen MR) is 101 cm³/mol. The Morgan fingerprint density at radius 1 is 1.19 bits per heavy atom. The summed E-state index contributed by atoms with van der Waals surface area (Å²) in [6.45, 7) is 2.75. The second-order valence-corrected chi connectivity index (χ2v) is 6.76. The van der Waals surface area contributed by atoms with Crippen molar-refractivity contribution in [3.63, 3.8) is 0 Å². The van der Waals surface area contributed by atoms with E-state index in [2.05, 4.69) is 12.0 Å². The summed E-state index contributed by atoms with van der Waals surface area (Å²) >= 11 is 0. The second-order valence-electron chi connectivity index (χ2n) is 6.76. The normalized spacial score (nSPS) is 16.3. The molecule has 26 heavy (non-hydrogen) atoms. The van der Waals surface area contributed by atoms with Crippen LogP contribution in [0.25, 0.3) is 5.69 Å². The van der Waals surface area contributed by atoms with Crippen LogP contribution in [0.3, 0.4) is 0 Å². The number of aromatic hydroxyl groups is 1. The van der Waals surface area contributed by atoms with E-state index in [0.29, 0.717) is 18.2 Å². The van der Waals surface area contributed by atoms with Gasteiger partial charge in [0.25, 0.3) is 0 Å². The Labute approximate surface area is 152 Å². The van der Waals surface area contributed by atoms with E-state index in [4.69, 9.17) is 0 Å². The molecule has 0 saturated carbocycles. The Kier molecular flexibility index (Phi) is 4.21. The van der Waals surface area contributed by atoms with Crippen molar-refractivity contribution in [2.75, 3.05) is 11.4 Å². The minimum absolute atomic E-state index is 0.0211. The van der Waals surface area contributed by atoms with Gasteiger partial charge in [-0.05, 0) is 41.7 Å². The number of fused-ring (bicyclic) bond motifs is 1. The first kappa shape index (κ1) is 16.4. The molecule has 2 aromatic carbocycles. The molecule has 4 rings (SSSR count). The quantitative estimate of drug-likeness (QED) is 0.786. The Morgan fingerprint density at radius 3 is 2.81 bits per heavy atom. The Balaban J connectivity index is 1.57. The summed E-state index contributed by atoms with van der Waals surface area (Å²) in [5.74, 6) is 0.483. The Hall–Kier alpha value is -3.08. The first-order valence-electron chi connectivity index (χ1n) is 8.84. The summed E-state index contributed by atoms with van der Waals surface area (Å²) < 4.78 is 1.77. The minimum atomic E-state index is -0.0211. The number of aromatic nitrogens is 2. The number of anilines is 1. The van der Waals surface area contributed by atoms with Crippen LogP contribution >= 0.6 is 0 Å². The van der Waals surface area contributed by atoms with Gasteiger partial charge in [-0.25, -0.2) is 4.68 Å². The average Bonchev–Trinajstić information content (AvgIpc) is 3.12. The second kappa shape index (κ2) is 6.67. The molecule has 1 aliphatic heterocycles. The molecular formula is C21H21N3O2. The lowest BCUT2D eigenvalue weighted by Crippen LogP contribution is -2.37. The largest absolute Gasteiger partial charge is 0.506 e. The van der Waals surface area contributed by atoms with Gasteiger partial charge in [-0.15, -0.1) is 0 Å². The van der Waals surface area contributed by atoms with E-state index in [9.17, 15) is 9.90 Å². The molecule has 1 aromatic heterocycles. The first-order chi connectivity index (χ1) is 12.6. The van der Waals surface area contributed by atoms with Crippen molar-refractivity contribution in [2.24, 2.45) is 0 Å². The Bertz CT molecular complexity index is 933. The van der Waals surface area contributed by atoms with Crippen molar-refractivity contribution in [3.8, 4) is 11.4 Å². The summed E-state index contributed by atoms with van der Waals surface area (Å²) in [6.07, 6.45) is 4.76. The summed E-state index contributed by atoms with van der Waals surface area (Å²) in [5, 5.41) is 14.7. The van der Waals surface area contributed by atoms with Crippen LogP contribution in [0.4, 0.5) is 5.69 Å². The van der Waals surface area contributed by atoms with E-state index in [1.54, 1.807) is 21.8 Å². The molecule has 0 radical (unpaired) electrons. The molecule has 5 nitrogen and oxygen atoms in total. The third kappa shape index (κ3) is 2.96. The third-order valence-corrected chi connectivity index (χ3v) is 4.95. The summed E-state index contributed by atoms with van der Waals surface area (Å²) in [7, 11) is 0. The minimum Gasteiger partial charge on any atom is -0.506 e. The molecule has 2 heterocycles. The maximum atomic E-state index is 12.9. The van der Waals surface area contributed by atoms with Crippen molar-refractivity contribution < 1.29 is 9.90 Å². The molecule has 1 atom stereocenters. The molecule has 1 amide bonds. The number of rotatable bonds is 3. The monoisotopic (exact) mass is 347 g/mol. The van der Waals surface area contributed by atoms with E-state index >= 15 is 0 Å². The fourth-order valence-electron chi connectivity index (χ4n) is 3.52. The Morgan fingerprint density at radius 2 is 2.00 bits per heavy atom. The number of hydrogen-bond donors (Lipinski definition) is 1. The van der Waals surface area contributed by atoms with E-state index in [-0.39, 0.29) is 18.1 Å².